The lowest BCUT2D eigenvalue weighted by Crippen LogP contribution is -2.40. The van der Waals surface area contributed by atoms with Crippen LogP contribution in [0.2, 0.25) is 0 Å². The molecule has 4 nitrogen and oxygen atoms in total. The van der Waals surface area contributed by atoms with Crippen molar-refractivity contribution in [2.24, 2.45) is 23.7 Å². The molecule has 0 bridgehead atoms. The topological polar surface area (TPSA) is 74.6 Å². The first kappa shape index (κ1) is 13.0. The fraction of sp³-hybridized carbons (Fsp3) is 0.833. The van der Waals surface area contributed by atoms with Crippen molar-refractivity contribution < 1.29 is 19.8 Å². The molecule has 4 unspecified atom stereocenters. The Labute approximate surface area is 95.7 Å². The van der Waals surface area contributed by atoms with Crippen LogP contribution in [0.25, 0.3) is 0 Å². The summed E-state index contributed by atoms with van der Waals surface area (Å²) in [4.78, 5) is 22.2. The molecule has 4 atom stereocenters. The second kappa shape index (κ2) is 5.32. The van der Waals surface area contributed by atoms with Crippen LogP contribution in [0.1, 0.15) is 39.5 Å². The van der Waals surface area contributed by atoms with Gasteiger partial charge in [0.2, 0.25) is 0 Å². The van der Waals surface area contributed by atoms with Crippen LogP contribution >= 0.6 is 0 Å². The van der Waals surface area contributed by atoms with Crippen molar-refractivity contribution in [2.75, 3.05) is 0 Å². The molecule has 4 heteroatoms. The van der Waals surface area contributed by atoms with Crippen LogP contribution in [-0.2, 0) is 9.59 Å². The summed E-state index contributed by atoms with van der Waals surface area (Å²) >= 11 is 0. The van der Waals surface area contributed by atoms with Crippen molar-refractivity contribution in [1.29, 1.82) is 0 Å². The van der Waals surface area contributed by atoms with E-state index >= 15 is 0 Å². The van der Waals surface area contributed by atoms with E-state index in [0.717, 1.165) is 12.8 Å². The minimum absolute atomic E-state index is 0.0114. The quantitative estimate of drug-likeness (QED) is 0.773. The van der Waals surface area contributed by atoms with Gasteiger partial charge in [0.05, 0.1) is 11.8 Å². The zero-order valence-corrected chi connectivity index (χ0v) is 9.85. The predicted octanol–water partition coefficient (Wildman–Crippen LogP) is 2.23. The van der Waals surface area contributed by atoms with E-state index in [1.165, 1.54) is 0 Å². The first-order valence-corrected chi connectivity index (χ1v) is 5.98. The van der Waals surface area contributed by atoms with Crippen molar-refractivity contribution in [3.05, 3.63) is 0 Å². The molecule has 1 saturated carbocycles. The molecule has 0 spiro atoms. The summed E-state index contributed by atoms with van der Waals surface area (Å²) in [5.41, 5.74) is 0. The van der Waals surface area contributed by atoms with Gasteiger partial charge in [-0.25, -0.2) is 0 Å². The molecule has 16 heavy (non-hydrogen) atoms. The Morgan fingerprint density at radius 1 is 0.938 bits per heavy atom. The maximum absolute atomic E-state index is 11.1. The lowest BCUT2D eigenvalue weighted by Gasteiger charge is -2.39. The van der Waals surface area contributed by atoms with Crippen LogP contribution in [-0.4, -0.2) is 22.2 Å². The second-order valence-electron chi connectivity index (χ2n) is 4.61. The Morgan fingerprint density at radius 2 is 1.25 bits per heavy atom. The lowest BCUT2D eigenvalue weighted by atomic mass is 9.64. The molecule has 0 heterocycles. The van der Waals surface area contributed by atoms with Gasteiger partial charge in [0.15, 0.2) is 0 Å². The average Bonchev–Trinajstić information content (AvgIpc) is 2.26. The van der Waals surface area contributed by atoms with Gasteiger partial charge in [0, 0.05) is 0 Å². The molecule has 1 fully saturated rings. The number of rotatable bonds is 4. The van der Waals surface area contributed by atoms with Crippen LogP contribution < -0.4 is 0 Å². The molecule has 0 radical (unpaired) electrons. The van der Waals surface area contributed by atoms with Gasteiger partial charge in [0.1, 0.15) is 0 Å². The summed E-state index contributed by atoms with van der Waals surface area (Å²) < 4.78 is 0. The van der Waals surface area contributed by atoms with Crippen molar-refractivity contribution in [3.63, 3.8) is 0 Å². The molecule has 0 aromatic heterocycles. The van der Waals surface area contributed by atoms with E-state index in [1.807, 2.05) is 13.8 Å². The zero-order valence-electron chi connectivity index (χ0n) is 9.85. The van der Waals surface area contributed by atoms with Gasteiger partial charge < -0.3 is 10.2 Å². The first-order valence-electron chi connectivity index (χ1n) is 5.98. The molecule has 92 valence electrons. The second-order valence-corrected chi connectivity index (χ2v) is 4.61. The largest absolute Gasteiger partial charge is 0.481 e. The van der Waals surface area contributed by atoms with Crippen LogP contribution in [0.5, 0.6) is 0 Å². The predicted molar refractivity (Wildman–Crippen MR) is 59.0 cm³/mol. The summed E-state index contributed by atoms with van der Waals surface area (Å²) in [5, 5.41) is 18.3. The monoisotopic (exact) mass is 228 g/mol. The molecule has 0 saturated heterocycles. The van der Waals surface area contributed by atoms with Crippen LogP contribution in [0, 0.1) is 23.7 Å². The maximum atomic E-state index is 11.1. The highest BCUT2D eigenvalue weighted by Crippen LogP contribution is 2.42. The number of hydrogen-bond donors (Lipinski definition) is 2. The third kappa shape index (κ3) is 2.36. The molecule has 0 aromatic carbocycles. The standard InChI is InChI=1S/C12H20O4/c1-3-7-8(4-2)10(12(15)16)6-5-9(7)11(13)14/h7-10H,3-6H2,1-2H3,(H,13,14)(H,15,16). The highest BCUT2D eigenvalue weighted by atomic mass is 16.4. The molecule has 1 rings (SSSR count). The van der Waals surface area contributed by atoms with Crippen molar-refractivity contribution in [1.82, 2.24) is 0 Å². The van der Waals surface area contributed by atoms with E-state index in [0.29, 0.717) is 12.8 Å². The molecular weight excluding hydrogens is 208 g/mol. The van der Waals surface area contributed by atoms with E-state index in [4.69, 9.17) is 10.2 Å². The third-order valence-corrected chi connectivity index (χ3v) is 3.95. The smallest absolute Gasteiger partial charge is 0.306 e. The summed E-state index contributed by atoms with van der Waals surface area (Å²) in [6.45, 7) is 3.90. The molecular formula is C12H20O4. The minimum atomic E-state index is -0.769. The van der Waals surface area contributed by atoms with Gasteiger partial charge in [-0.3, -0.25) is 9.59 Å². The van der Waals surface area contributed by atoms with Gasteiger partial charge >= 0.3 is 11.9 Å². The van der Waals surface area contributed by atoms with E-state index in [-0.39, 0.29) is 23.7 Å². The highest BCUT2D eigenvalue weighted by molar-refractivity contribution is 5.73. The third-order valence-electron chi connectivity index (χ3n) is 3.95. The zero-order chi connectivity index (χ0) is 12.3. The Kier molecular flexibility index (Phi) is 4.33. The van der Waals surface area contributed by atoms with Crippen molar-refractivity contribution >= 4 is 11.9 Å². The fourth-order valence-electron chi connectivity index (χ4n) is 3.17. The molecule has 0 aromatic rings. The number of carbonyl (C=O) groups is 2. The molecule has 1 aliphatic carbocycles. The molecule has 1 aliphatic rings. The maximum Gasteiger partial charge on any atom is 0.306 e. The Balaban J connectivity index is 2.89. The van der Waals surface area contributed by atoms with E-state index in [1.54, 1.807) is 0 Å². The number of carboxylic acids is 2. The average molecular weight is 228 g/mol. The summed E-state index contributed by atoms with van der Waals surface area (Å²) in [6, 6.07) is 0. The van der Waals surface area contributed by atoms with Crippen LogP contribution in [0.3, 0.4) is 0 Å². The van der Waals surface area contributed by atoms with E-state index in [2.05, 4.69) is 0 Å². The molecule has 0 aliphatic heterocycles. The Bertz CT molecular complexity index is 246. The van der Waals surface area contributed by atoms with Crippen molar-refractivity contribution in [2.45, 2.75) is 39.5 Å². The van der Waals surface area contributed by atoms with Crippen LogP contribution in [0.15, 0.2) is 0 Å². The molecule has 2 N–H and O–H groups in total. The Hall–Kier alpha value is -1.06. The van der Waals surface area contributed by atoms with Gasteiger partial charge in [-0.2, -0.15) is 0 Å². The SMILES string of the molecule is CCC1C(C(=O)O)CCC(C(=O)O)C1CC. The summed E-state index contributed by atoms with van der Waals surface area (Å²) in [7, 11) is 0. The van der Waals surface area contributed by atoms with E-state index in [9.17, 15) is 9.59 Å². The summed E-state index contributed by atoms with van der Waals surface area (Å²) in [6.07, 6.45) is 2.50. The van der Waals surface area contributed by atoms with Gasteiger partial charge in [-0.1, -0.05) is 26.7 Å². The van der Waals surface area contributed by atoms with Crippen molar-refractivity contribution in [3.8, 4) is 0 Å². The van der Waals surface area contributed by atoms with Crippen LogP contribution in [0.4, 0.5) is 0 Å². The van der Waals surface area contributed by atoms with E-state index < -0.39 is 11.9 Å². The first-order chi connectivity index (χ1) is 7.52. The summed E-state index contributed by atoms with van der Waals surface area (Å²) in [5.74, 6) is -2.23. The Morgan fingerprint density at radius 3 is 1.44 bits per heavy atom. The van der Waals surface area contributed by atoms with Gasteiger partial charge in [-0.15, -0.1) is 0 Å². The molecule has 0 amide bonds. The minimum Gasteiger partial charge on any atom is -0.481 e. The van der Waals surface area contributed by atoms with Gasteiger partial charge in [-0.05, 0) is 24.7 Å². The normalized spacial score (nSPS) is 34.6. The highest BCUT2D eigenvalue weighted by Gasteiger charge is 2.43. The fourth-order valence-corrected chi connectivity index (χ4v) is 3.17. The number of carboxylic acid groups (broad SMARTS) is 2. The lowest BCUT2D eigenvalue weighted by molar-refractivity contribution is -0.155. The number of aliphatic carboxylic acids is 2. The van der Waals surface area contributed by atoms with Gasteiger partial charge in [0.25, 0.3) is 0 Å². The number of hydrogen-bond acceptors (Lipinski definition) is 2.